The molecule has 0 aliphatic rings. The number of ether oxygens (including phenoxy) is 1. The number of esters is 1. The van der Waals surface area contributed by atoms with Gasteiger partial charge in [-0.3, -0.25) is 9.78 Å². The van der Waals surface area contributed by atoms with Crippen LogP contribution in [0.4, 0.5) is 5.69 Å². The van der Waals surface area contributed by atoms with Gasteiger partial charge >= 0.3 is 11.9 Å². The van der Waals surface area contributed by atoms with Crippen LogP contribution >= 0.6 is 0 Å². The van der Waals surface area contributed by atoms with Crippen LogP contribution in [0, 0.1) is 0 Å². The maximum Gasteiger partial charge on any atom is 0.340 e. The van der Waals surface area contributed by atoms with Crippen molar-refractivity contribution in [3.63, 3.8) is 0 Å². The molecule has 0 fully saturated rings. The van der Waals surface area contributed by atoms with E-state index in [0.717, 1.165) is 11.3 Å². The number of aromatic carboxylic acids is 1. The number of carboxylic acid groups (broad SMARTS) is 1. The average Bonchev–Trinajstić information content (AvgIpc) is 3.24. The van der Waals surface area contributed by atoms with E-state index < -0.39 is 11.9 Å². The molecule has 0 unspecified atom stereocenters. The van der Waals surface area contributed by atoms with Crippen molar-refractivity contribution in [1.29, 1.82) is 0 Å². The summed E-state index contributed by atoms with van der Waals surface area (Å²) in [6, 6.07) is 16.2. The number of para-hydroxylation sites is 1. The first-order valence-corrected chi connectivity index (χ1v) is 10.8. The molecule has 2 heterocycles. The molecule has 0 aliphatic heterocycles. The first-order chi connectivity index (χ1) is 16.5. The smallest absolute Gasteiger partial charge is 0.340 e. The number of anilines is 1. The number of nitrogens with zero attached hydrogens (tertiary/aromatic N) is 2. The summed E-state index contributed by atoms with van der Waals surface area (Å²) in [5.41, 5.74) is 2.38. The van der Waals surface area contributed by atoms with Crippen LogP contribution in [-0.4, -0.2) is 39.1 Å². The Hall–Kier alpha value is -4.46. The van der Waals surface area contributed by atoms with Crippen molar-refractivity contribution in [2.24, 2.45) is 0 Å². The normalized spacial score (nSPS) is 10.7. The molecule has 0 bridgehead atoms. The Morgan fingerprint density at radius 3 is 2.44 bits per heavy atom. The lowest BCUT2D eigenvalue weighted by molar-refractivity contribution is -0.116. The zero-order valence-corrected chi connectivity index (χ0v) is 18.5. The van der Waals surface area contributed by atoms with E-state index >= 15 is 0 Å². The molecule has 8 heteroatoms. The Kier molecular flexibility index (Phi) is 6.68. The van der Waals surface area contributed by atoms with Crippen molar-refractivity contribution in [2.75, 3.05) is 11.9 Å². The molecule has 0 atom stereocenters. The molecule has 0 aliphatic carbocycles. The van der Waals surface area contributed by atoms with E-state index in [2.05, 4.69) is 10.3 Å². The number of benzene rings is 2. The first-order valence-electron chi connectivity index (χ1n) is 10.8. The fourth-order valence-electron chi connectivity index (χ4n) is 3.83. The van der Waals surface area contributed by atoms with Gasteiger partial charge < -0.3 is 19.7 Å². The summed E-state index contributed by atoms with van der Waals surface area (Å²) in [4.78, 5) is 41.8. The van der Waals surface area contributed by atoms with Gasteiger partial charge in [0, 0.05) is 36.1 Å². The maximum atomic E-state index is 13.0. The molecule has 0 radical (unpaired) electrons. The molecule has 8 nitrogen and oxygen atoms in total. The van der Waals surface area contributed by atoms with Gasteiger partial charge in [0.25, 0.3) is 0 Å². The van der Waals surface area contributed by atoms with Crippen LogP contribution in [0.5, 0.6) is 0 Å². The number of fused-ring (bicyclic) bond motifs is 1. The third-order valence-corrected chi connectivity index (χ3v) is 5.38. The molecule has 172 valence electrons. The molecule has 4 aromatic rings. The fraction of sp³-hybridized carbons (Fsp3) is 0.154. The topological polar surface area (TPSA) is 111 Å². The first kappa shape index (κ1) is 22.7. The van der Waals surface area contributed by atoms with Gasteiger partial charge in [-0.15, -0.1) is 0 Å². The highest BCUT2D eigenvalue weighted by molar-refractivity contribution is 6.17. The van der Waals surface area contributed by atoms with Gasteiger partial charge in [0.15, 0.2) is 0 Å². The van der Waals surface area contributed by atoms with Crippen LogP contribution in [-0.2, 0) is 16.0 Å². The van der Waals surface area contributed by atoms with Gasteiger partial charge in [-0.25, -0.2) is 9.59 Å². The molecule has 2 aromatic carbocycles. The molecule has 34 heavy (non-hydrogen) atoms. The lowest BCUT2D eigenvalue weighted by atomic mass is 10.0. The molecule has 4 rings (SSSR count). The second-order valence-electron chi connectivity index (χ2n) is 7.56. The zero-order chi connectivity index (χ0) is 24.1. The summed E-state index contributed by atoms with van der Waals surface area (Å²) >= 11 is 0. The standard InChI is InChI=1S/C26H23N3O5/c1-2-34-26(33)24-20(28-22(30)11-8-17-12-14-27-15-13-17)9-10-21-23(24)19(25(31)32)16-29(21)18-6-4-3-5-7-18/h3-7,9-10,12-16H,2,8,11H2,1H3,(H,28,30)(H,31,32). The lowest BCUT2D eigenvalue weighted by Gasteiger charge is -2.13. The molecule has 0 spiro atoms. The minimum Gasteiger partial charge on any atom is -0.478 e. The number of carboxylic acids is 1. The highest BCUT2D eigenvalue weighted by Crippen LogP contribution is 2.33. The third kappa shape index (κ3) is 4.66. The minimum absolute atomic E-state index is 0.0173. The van der Waals surface area contributed by atoms with Gasteiger partial charge in [0.1, 0.15) is 0 Å². The predicted octanol–water partition coefficient (Wildman–Crippen LogP) is 4.47. The van der Waals surface area contributed by atoms with Gasteiger partial charge in [-0.05, 0) is 55.3 Å². The summed E-state index contributed by atoms with van der Waals surface area (Å²) in [5.74, 6) is -2.20. The number of aromatic nitrogens is 2. The largest absolute Gasteiger partial charge is 0.478 e. The van der Waals surface area contributed by atoms with E-state index in [-0.39, 0.29) is 41.1 Å². The van der Waals surface area contributed by atoms with E-state index in [4.69, 9.17) is 4.74 Å². The van der Waals surface area contributed by atoms with E-state index in [0.29, 0.717) is 11.9 Å². The molecule has 2 N–H and O–H groups in total. The summed E-state index contributed by atoms with van der Waals surface area (Å²) in [7, 11) is 0. The Balaban J connectivity index is 1.78. The Labute approximate surface area is 195 Å². The highest BCUT2D eigenvalue weighted by atomic mass is 16.5. The van der Waals surface area contributed by atoms with Crippen LogP contribution in [0.2, 0.25) is 0 Å². The third-order valence-electron chi connectivity index (χ3n) is 5.38. The van der Waals surface area contributed by atoms with Crippen molar-refractivity contribution in [1.82, 2.24) is 9.55 Å². The van der Waals surface area contributed by atoms with Crippen LogP contribution in [0.15, 0.2) is 73.2 Å². The number of carbonyl (C=O) groups excluding carboxylic acids is 2. The van der Waals surface area contributed by atoms with Gasteiger partial charge in [0.05, 0.1) is 28.9 Å². The molecular weight excluding hydrogens is 434 g/mol. The second-order valence-corrected chi connectivity index (χ2v) is 7.56. The SMILES string of the molecule is CCOC(=O)c1c(NC(=O)CCc2ccncc2)ccc2c1c(C(=O)O)cn2-c1ccccc1. The number of hydrogen-bond acceptors (Lipinski definition) is 5. The number of amides is 1. The van der Waals surface area contributed by atoms with Crippen LogP contribution in [0.25, 0.3) is 16.6 Å². The van der Waals surface area contributed by atoms with Crippen LogP contribution < -0.4 is 5.32 Å². The van der Waals surface area contributed by atoms with Gasteiger partial charge in [-0.2, -0.15) is 0 Å². The van der Waals surface area contributed by atoms with Crippen LogP contribution in [0.1, 0.15) is 39.6 Å². The Bertz CT molecular complexity index is 1350. The number of rotatable bonds is 8. The molecule has 0 saturated carbocycles. The quantitative estimate of drug-likeness (QED) is 0.378. The van der Waals surface area contributed by atoms with E-state index in [9.17, 15) is 19.5 Å². The van der Waals surface area contributed by atoms with E-state index in [1.54, 1.807) is 36.0 Å². The fourth-order valence-corrected chi connectivity index (χ4v) is 3.83. The summed E-state index contributed by atoms with van der Waals surface area (Å²) in [6.45, 7) is 1.77. The summed E-state index contributed by atoms with van der Waals surface area (Å²) in [6.07, 6.45) is 5.47. The molecule has 1 amide bonds. The Morgan fingerprint density at radius 2 is 1.76 bits per heavy atom. The van der Waals surface area contributed by atoms with Gasteiger partial charge in [0.2, 0.25) is 5.91 Å². The zero-order valence-electron chi connectivity index (χ0n) is 18.5. The molecule has 2 aromatic heterocycles. The van der Waals surface area contributed by atoms with Crippen LogP contribution in [0.3, 0.4) is 0 Å². The van der Waals surface area contributed by atoms with Crippen molar-refractivity contribution in [2.45, 2.75) is 19.8 Å². The average molecular weight is 457 g/mol. The number of pyridine rings is 1. The van der Waals surface area contributed by atoms with Crippen molar-refractivity contribution >= 4 is 34.4 Å². The molecular formula is C26H23N3O5. The maximum absolute atomic E-state index is 13.0. The van der Waals surface area contributed by atoms with Gasteiger partial charge in [-0.1, -0.05) is 18.2 Å². The van der Waals surface area contributed by atoms with Crippen molar-refractivity contribution in [3.05, 3.63) is 89.9 Å². The monoisotopic (exact) mass is 457 g/mol. The van der Waals surface area contributed by atoms with Crippen molar-refractivity contribution < 1.29 is 24.2 Å². The van der Waals surface area contributed by atoms with Crippen molar-refractivity contribution in [3.8, 4) is 5.69 Å². The van der Waals surface area contributed by atoms with E-state index in [1.807, 2.05) is 42.5 Å². The number of nitrogens with one attached hydrogen (secondary N) is 1. The predicted molar refractivity (Wildman–Crippen MR) is 127 cm³/mol. The Morgan fingerprint density at radius 1 is 1.03 bits per heavy atom. The summed E-state index contributed by atoms with van der Waals surface area (Å²) < 4.78 is 6.94. The second kappa shape index (κ2) is 9.99. The molecule has 0 saturated heterocycles. The highest BCUT2D eigenvalue weighted by Gasteiger charge is 2.26. The lowest BCUT2D eigenvalue weighted by Crippen LogP contribution is -2.17. The number of carbonyl (C=O) groups is 3. The summed E-state index contributed by atoms with van der Waals surface area (Å²) in [5, 5.41) is 12.9. The number of aryl methyl sites for hydroxylation is 1. The number of hydrogen-bond donors (Lipinski definition) is 2. The minimum atomic E-state index is -1.19. The van der Waals surface area contributed by atoms with E-state index in [1.165, 1.54) is 6.20 Å².